The maximum Gasteiger partial charge on any atom is 0.290 e. The van der Waals surface area contributed by atoms with Crippen LogP contribution in [-0.4, -0.2) is 73.2 Å². The van der Waals surface area contributed by atoms with Crippen molar-refractivity contribution in [1.82, 2.24) is 35.9 Å². The van der Waals surface area contributed by atoms with Crippen molar-refractivity contribution in [3.8, 4) is 0 Å². The predicted octanol–water partition coefficient (Wildman–Crippen LogP) is 4.77. The zero-order valence-corrected chi connectivity index (χ0v) is 24.2. The molecule has 2 aliphatic rings. The average Bonchev–Trinajstić information content (AvgIpc) is 3.62. The second kappa shape index (κ2) is 13.6. The number of rotatable bonds is 8. The van der Waals surface area contributed by atoms with Crippen LogP contribution in [0.2, 0.25) is 0 Å². The molecule has 1 unspecified atom stereocenters. The molecule has 2 amide bonds. The lowest BCUT2D eigenvalue weighted by molar-refractivity contribution is -0.136. The molecule has 2 saturated carbocycles. The van der Waals surface area contributed by atoms with Crippen molar-refractivity contribution in [2.75, 3.05) is 0 Å². The molecule has 0 spiro atoms. The van der Waals surface area contributed by atoms with Gasteiger partial charge in [-0.15, -0.1) is 0 Å². The molecular weight excluding hydrogens is 635 g/mol. The summed E-state index contributed by atoms with van der Waals surface area (Å²) >= 11 is 0. The number of aromatic nitrogens is 5. The highest BCUT2D eigenvalue weighted by Gasteiger charge is 2.51. The minimum absolute atomic E-state index is 0.0117. The van der Waals surface area contributed by atoms with Crippen LogP contribution in [0.5, 0.6) is 0 Å². The number of fused-ring (bicyclic) bond motifs is 1. The minimum Gasteiger partial charge on any atom is -0.483 e. The molecule has 0 saturated heterocycles. The molecule has 252 valence electrons. The zero-order chi connectivity index (χ0) is 33.9. The number of amides is 2. The Labute approximate surface area is 255 Å². The number of carbonyl (C=O) groups is 3. The monoisotopic (exact) mass is 665 g/mol. The van der Waals surface area contributed by atoms with Crippen LogP contribution in [0.15, 0.2) is 16.8 Å². The number of hydrogen-bond acceptors (Lipinski definition) is 8. The molecule has 3 aromatic heterocycles. The Bertz CT molecular complexity index is 1530. The number of pyridine rings is 1. The molecule has 2 aliphatic carbocycles. The first-order chi connectivity index (χ1) is 21.6. The molecule has 0 aromatic carbocycles. The highest BCUT2D eigenvalue weighted by molar-refractivity contribution is 5.93. The third kappa shape index (κ3) is 7.55. The molecule has 3 aromatic rings. The van der Waals surface area contributed by atoms with E-state index in [0.717, 1.165) is 0 Å². The van der Waals surface area contributed by atoms with Gasteiger partial charge in [0.1, 0.15) is 11.5 Å². The predicted molar refractivity (Wildman–Crippen MR) is 143 cm³/mol. The Morgan fingerprint density at radius 2 is 1.59 bits per heavy atom. The number of hydrogen-bond donors (Lipinski definition) is 4. The molecule has 19 heteroatoms. The van der Waals surface area contributed by atoms with E-state index in [-0.39, 0.29) is 47.9 Å². The number of halogens is 7. The third-order valence-electron chi connectivity index (χ3n) is 8.30. The van der Waals surface area contributed by atoms with Crippen LogP contribution in [0.1, 0.15) is 85.1 Å². The van der Waals surface area contributed by atoms with Gasteiger partial charge in [-0.2, -0.15) is 0 Å². The van der Waals surface area contributed by atoms with Gasteiger partial charge >= 0.3 is 0 Å². The van der Waals surface area contributed by atoms with E-state index in [4.69, 9.17) is 9.90 Å². The van der Waals surface area contributed by atoms with Gasteiger partial charge in [0.25, 0.3) is 18.8 Å². The van der Waals surface area contributed by atoms with E-state index in [1.807, 2.05) is 0 Å². The lowest BCUT2D eigenvalue weighted by Gasteiger charge is -2.38. The van der Waals surface area contributed by atoms with Crippen LogP contribution in [0, 0.1) is 12.8 Å². The Morgan fingerprint density at radius 3 is 2.15 bits per heavy atom. The number of aromatic amines is 1. The first-order valence-corrected chi connectivity index (χ1v) is 14.2. The first kappa shape index (κ1) is 34.6. The Hall–Kier alpha value is -4.32. The van der Waals surface area contributed by atoms with Crippen molar-refractivity contribution >= 4 is 29.5 Å². The van der Waals surface area contributed by atoms with E-state index in [0.29, 0.717) is 5.52 Å². The second-order valence-corrected chi connectivity index (χ2v) is 11.3. The number of carboxylic acid groups (broad SMARTS) is 1. The molecule has 0 aliphatic heterocycles. The smallest absolute Gasteiger partial charge is 0.290 e. The van der Waals surface area contributed by atoms with Gasteiger partial charge in [-0.3, -0.25) is 14.4 Å². The summed E-state index contributed by atoms with van der Waals surface area (Å²) in [5.41, 5.74) is -1.54. The van der Waals surface area contributed by atoms with Crippen LogP contribution in [0.4, 0.5) is 30.7 Å². The summed E-state index contributed by atoms with van der Waals surface area (Å²) in [5.74, 6) is -8.18. The number of H-pyrrole nitrogens is 1. The molecule has 0 radical (unpaired) electrons. The van der Waals surface area contributed by atoms with Crippen molar-refractivity contribution in [2.45, 2.75) is 94.3 Å². The van der Waals surface area contributed by atoms with Crippen LogP contribution in [-0.2, 0) is 15.0 Å². The lowest BCUT2D eigenvalue weighted by atomic mass is 9.69. The SMILES string of the molecule is Cc1nonc1C(=O)N[C@H](c1nc2nc(C3(C(=O)NC(F)C(F)F)CCC(F)(F)CC3)ccc2[nH]1)C1CCC(F)(F)CC1.O=CO. The van der Waals surface area contributed by atoms with Gasteiger partial charge in [0.2, 0.25) is 24.0 Å². The summed E-state index contributed by atoms with van der Waals surface area (Å²) in [4.78, 5) is 46.3. The number of imidazole rings is 1. The van der Waals surface area contributed by atoms with Crippen molar-refractivity contribution in [3.63, 3.8) is 0 Å². The molecule has 0 bridgehead atoms. The number of alkyl halides is 7. The number of aryl methyl sites for hydroxylation is 1. The fraction of sp³-hybridized carbons (Fsp3) is 0.593. The molecule has 12 nitrogen and oxygen atoms in total. The first-order valence-electron chi connectivity index (χ1n) is 14.2. The van der Waals surface area contributed by atoms with E-state index in [1.54, 1.807) is 5.32 Å². The Balaban J connectivity index is 0.00000154. The minimum atomic E-state index is -3.53. The summed E-state index contributed by atoms with van der Waals surface area (Å²) in [7, 11) is 0. The number of nitrogens with one attached hydrogen (secondary N) is 3. The lowest BCUT2D eigenvalue weighted by Crippen LogP contribution is -2.52. The van der Waals surface area contributed by atoms with Crippen LogP contribution >= 0.6 is 0 Å². The Kier molecular flexibility index (Phi) is 10.2. The van der Waals surface area contributed by atoms with Gasteiger partial charge in [-0.25, -0.2) is 45.3 Å². The van der Waals surface area contributed by atoms with Gasteiger partial charge in [0.15, 0.2) is 11.3 Å². The topological polar surface area (TPSA) is 176 Å². The molecule has 4 N–H and O–H groups in total. The fourth-order valence-corrected chi connectivity index (χ4v) is 5.75. The normalized spacial score (nSPS) is 20.3. The molecule has 2 fully saturated rings. The largest absolute Gasteiger partial charge is 0.483 e. The maximum atomic E-state index is 14.1. The molecule has 3 heterocycles. The quantitative estimate of drug-likeness (QED) is 0.150. The molecule has 46 heavy (non-hydrogen) atoms. The van der Waals surface area contributed by atoms with Crippen molar-refractivity contribution in [1.29, 1.82) is 0 Å². The summed E-state index contributed by atoms with van der Waals surface area (Å²) in [5, 5.41) is 18.4. The van der Waals surface area contributed by atoms with Gasteiger partial charge in [0.05, 0.1) is 22.7 Å². The van der Waals surface area contributed by atoms with Crippen molar-refractivity contribution < 1.29 is 54.9 Å². The van der Waals surface area contributed by atoms with Crippen LogP contribution in [0.25, 0.3) is 11.2 Å². The average molecular weight is 666 g/mol. The summed E-state index contributed by atoms with van der Waals surface area (Å²) in [6.07, 6.45) is -9.74. The summed E-state index contributed by atoms with van der Waals surface area (Å²) in [6, 6.07) is 1.86. The standard InChI is InChI=1S/C26H28F7N7O3.CH2O2/c1-12-16(40-43-39-12)22(41)36-17(13-4-6-25(30,31)7-5-13)21-34-14-2-3-15(35-20(14)38-21)24(8-10-26(32,33)11-9-24)23(42)37-19(29)18(27)28;2-1-3/h2-3,13,17-19H,4-11H2,1H3,(H,36,41)(H,37,42)(H,34,35,38);1H,(H,2,3)/t17-,19?;/m0./s1. The molecule has 2 atom stereocenters. The van der Waals surface area contributed by atoms with Gasteiger partial charge in [-0.05, 0) is 55.8 Å². The molecule has 5 rings (SSSR count). The Morgan fingerprint density at radius 1 is 0.978 bits per heavy atom. The second-order valence-electron chi connectivity index (χ2n) is 11.3. The van der Waals surface area contributed by atoms with Crippen molar-refractivity contribution in [3.05, 3.63) is 35.0 Å². The highest BCUT2D eigenvalue weighted by Crippen LogP contribution is 2.46. The van der Waals surface area contributed by atoms with Crippen LogP contribution in [0.3, 0.4) is 0 Å². The van der Waals surface area contributed by atoms with Crippen molar-refractivity contribution in [2.24, 2.45) is 5.92 Å². The van der Waals surface area contributed by atoms with Gasteiger partial charge < -0.3 is 20.7 Å². The van der Waals surface area contributed by atoms with E-state index >= 15 is 0 Å². The summed E-state index contributed by atoms with van der Waals surface area (Å²) in [6.45, 7) is 1.24. The van der Waals surface area contributed by atoms with E-state index in [1.165, 1.54) is 19.1 Å². The molecular formula is C27H30F7N7O5. The van der Waals surface area contributed by atoms with E-state index in [2.05, 4.69) is 35.2 Å². The van der Waals surface area contributed by atoms with E-state index < -0.39 is 92.3 Å². The highest BCUT2D eigenvalue weighted by atomic mass is 19.3. The summed E-state index contributed by atoms with van der Waals surface area (Å²) < 4.78 is 100. The van der Waals surface area contributed by atoms with Gasteiger partial charge in [0, 0.05) is 25.7 Å². The number of carbonyl (C=O) groups excluding carboxylic acids is 2. The fourth-order valence-electron chi connectivity index (χ4n) is 5.75. The third-order valence-corrected chi connectivity index (χ3v) is 8.30. The zero-order valence-electron chi connectivity index (χ0n) is 24.2. The van der Waals surface area contributed by atoms with Gasteiger partial charge in [-0.1, -0.05) is 5.16 Å². The van der Waals surface area contributed by atoms with Crippen LogP contribution < -0.4 is 10.6 Å². The van der Waals surface area contributed by atoms with E-state index in [9.17, 15) is 40.3 Å². The maximum absolute atomic E-state index is 14.1. The number of nitrogens with zero attached hydrogens (tertiary/aromatic N) is 4.